The Morgan fingerprint density at radius 2 is 1.88 bits per heavy atom. The van der Waals surface area contributed by atoms with Gasteiger partial charge in [-0.2, -0.15) is 0 Å². The third-order valence-electron chi connectivity index (χ3n) is 4.03. The number of hydrogen-bond donors (Lipinski definition) is 0. The number of nitrogens with zero attached hydrogens (tertiary/aromatic N) is 3. The number of hydrogen-bond acceptors (Lipinski definition) is 4. The van der Waals surface area contributed by atoms with E-state index in [0.29, 0.717) is 18.8 Å². The summed E-state index contributed by atoms with van der Waals surface area (Å²) in [6.07, 6.45) is 1.46. The van der Waals surface area contributed by atoms with Gasteiger partial charge in [0.1, 0.15) is 6.54 Å². The van der Waals surface area contributed by atoms with Crippen LogP contribution in [0, 0.1) is 0 Å². The third-order valence-corrected chi connectivity index (χ3v) is 4.03. The molecule has 2 aromatic rings. The van der Waals surface area contributed by atoms with Crippen LogP contribution in [0.4, 0.5) is 0 Å². The Labute approximate surface area is 140 Å². The molecule has 6 nitrogen and oxygen atoms in total. The first-order valence-electron chi connectivity index (χ1n) is 8.08. The van der Waals surface area contributed by atoms with E-state index in [2.05, 4.69) is 4.98 Å². The average molecular weight is 327 g/mol. The van der Waals surface area contributed by atoms with Gasteiger partial charge >= 0.3 is 0 Å². The van der Waals surface area contributed by atoms with Crippen molar-refractivity contribution in [2.24, 2.45) is 0 Å². The van der Waals surface area contributed by atoms with Gasteiger partial charge in [0.25, 0.3) is 5.56 Å². The first kappa shape index (κ1) is 16.4. The highest BCUT2D eigenvalue weighted by atomic mass is 16.5. The summed E-state index contributed by atoms with van der Waals surface area (Å²) in [7, 11) is 0. The van der Waals surface area contributed by atoms with Crippen LogP contribution in [0.2, 0.25) is 0 Å². The summed E-state index contributed by atoms with van der Waals surface area (Å²) in [4.78, 5) is 30.8. The molecule has 1 aromatic heterocycles. The first-order valence-corrected chi connectivity index (χ1v) is 8.08. The molecule has 1 aromatic carbocycles. The molecule has 126 valence electrons. The Balaban J connectivity index is 1.74. The fourth-order valence-corrected chi connectivity index (χ4v) is 2.94. The second-order valence-electron chi connectivity index (χ2n) is 6.16. The fourth-order valence-electron chi connectivity index (χ4n) is 2.94. The topological polar surface area (TPSA) is 64.4 Å². The molecule has 0 saturated carbocycles. The van der Waals surface area contributed by atoms with Crippen LogP contribution in [0.15, 0.2) is 47.5 Å². The maximum Gasteiger partial charge on any atom is 0.254 e. The zero-order valence-corrected chi connectivity index (χ0v) is 13.9. The van der Waals surface area contributed by atoms with E-state index in [0.717, 1.165) is 5.56 Å². The summed E-state index contributed by atoms with van der Waals surface area (Å²) in [6.45, 7) is 4.98. The minimum absolute atomic E-state index is 0.000340. The van der Waals surface area contributed by atoms with Crippen LogP contribution in [0.1, 0.15) is 13.8 Å². The van der Waals surface area contributed by atoms with Crippen molar-refractivity contribution in [3.8, 4) is 11.3 Å². The largest absolute Gasteiger partial charge is 0.372 e. The van der Waals surface area contributed by atoms with Crippen LogP contribution >= 0.6 is 0 Å². The molecule has 1 aliphatic heterocycles. The van der Waals surface area contributed by atoms with Gasteiger partial charge < -0.3 is 9.64 Å². The van der Waals surface area contributed by atoms with Gasteiger partial charge in [-0.05, 0) is 13.8 Å². The third kappa shape index (κ3) is 3.71. The second kappa shape index (κ2) is 6.97. The highest BCUT2D eigenvalue weighted by Crippen LogP contribution is 2.14. The van der Waals surface area contributed by atoms with Gasteiger partial charge in [0.2, 0.25) is 5.91 Å². The molecule has 2 atom stereocenters. The Morgan fingerprint density at radius 1 is 1.21 bits per heavy atom. The number of aromatic nitrogens is 2. The standard InChI is InChI=1S/C18H21N3O3/c1-13-9-20(10-14(2)24-13)18(23)11-21-12-19-16(8-17(21)22)15-6-4-3-5-7-15/h3-8,12-14H,9-11H2,1-2H3/t13-,14-/m0/s1. The number of carbonyl (C=O) groups excluding carboxylic acids is 1. The van der Waals surface area contributed by atoms with Gasteiger partial charge in [0.05, 0.1) is 24.2 Å². The fraction of sp³-hybridized carbons (Fsp3) is 0.389. The lowest BCUT2D eigenvalue weighted by atomic mass is 10.1. The Morgan fingerprint density at radius 3 is 2.50 bits per heavy atom. The monoisotopic (exact) mass is 327 g/mol. The SMILES string of the molecule is C[C@H]1CN(C(=O)Cn2cnc(-c3ccccc3)cc2=O)C[C@H](C)O1. The molecule has 2 heterocycles. The number of amides is 1. The predicted octanol–water partition coefficient (Wildman–Crippen LogP) is 1.55. The van der Waals surface area contributed by atoms with Gasteiger partial charge in [-0.15, -0.1) is 0 Å². The molecule has 24 heavy (non-hydrogen) atoms. The number of benzene rings is 1. The highest BCUT2D eigenvalue weighted by Gasteiger charge is 2.26. The maximum absolute atomic E-state index is 12.4. The second-order valence-corrected chi connectivity index (χ2v) is 6.16. The predicted molar refractivity (Wildman–Crippen MR) is 90.5 cm³/mol. The van der Waals surface area contributed by atoms with E-state index in [4.69, 9.17) is 4.74 Å². The van der Waals surface area contributed by atoms with Crippen LogP contribution in [0.5, 0.6) is 0 Å². The molecule has 6 heteroatoms. The van der Waals surface area contributed by atoms with Crippen molar-refractivity contribution in [2.75, 3.05) is 13.1 Å². The van der Waals surface area contributed by atoms with Crippen molar-refractivity contribution < 1.29 is 9.53 Å². The van der Waals surface area contributed by atoms with E-state index in [1.54, 1.807) is 4.90 Å². The summed E-state index contributed by atoms with van der Waals surface area (Å²) in [5, 5.41) is 0. The zero-order chi connectivity index (χ0) is 17.1. The summed E-state index contributed by atoms with van der Waals surface area (Å²) in [5.41, 5.74) is 1.26. The Bertz CT molecular complexity index is 763. The average Bonchev–Trinajstić information content (AvgIpc) is 2.56. The lowest BCUT2D eigenvalue weighted by Gasteiger charge is -2.35. The van der Waals surface area contributed by atoms with Crippen LogP contribution in [-0.4, -0.2) is 45.7 Å². The molecule has 1 aliphatic rings. The summed E-state index contributed by atoms with van der Waals surface area (Å²) >= 11 is 0. The maximum atomic E-state index is 12.4. The van der Waals surface area contributed by atoms with Gasteiger partial charge in [0, 0.05) is 24.7 Å². The number of carbonyl (C=O) groups is 1. The van der Waals surface area contributed by atoms with Gasteiger partial charge in [-0.25, -0.2) is 4.98 Å². The van der Waals surface area contributed by atoms with E-state index in [1.807, 2.05) is 44.2 Å². The van der Waals surface area contributed by atoms with Crippen molar-refractivity contribution in [2.45, 2.75) is 32.6 Å². The normalized spacial score (nSPS) is 20.8. The molecule has 3 rings (SSSR count). The minimum atomic E-state index is -0.230. The van der Waals surface area contributed by atoms with Crippen molar-refractivity contribution in [1.82, 2.24) is 14.5 Å². The van der Waals surface area contributed by atoms with Crippen molar-refractivity contribution in [3.05, 3.63) is 53.1 Å². The first-order chi connectivity index (χ1) is 11.5. The van der Waals surface area contributed by atoms with E-state index in [-0.39, 0.29) is 30.2 Å². The summed E-state index contributed by atoms with van der Waals surface area (Å²) < 4.78 is 6.98. The molecule has 1 fully saturated rings. The molecule has 0 unspecified atom stereocenters. The highest BCUT2D eigenvalue weighted by molar-refractivity contribution is 5.76. The molecule has 0 aliphatic carbocycles. The molecule has 1 amide bonds. The molecule has 0 spiro atoms. The van der Waals surface area contributed by atoms with Crippen LogP contribution in [0.3, 0.4) is 0 Å². The quantitative estimate of drug-likeness (QED) is 0.858. The number of morpholine rings is 1. The van der Waals surface area contributed by atoms with Crippen molar-refractivity contribution >= 4 is 5.91 Å². The Hall–Kier alpha value is -2.47. The molecular weight excluding hydrogens is 306 g/mol. The summed E-state index contributed by atoms with van der Waals surface area (Å²) in [5.74, 6) is -0.0895. The van der Waals surface area contributed by atoms with Crippen molar-refractivity contribution in [3.63, 3.8) is 0 Å². The molecular formula is C18H21N3O3. The van der Waals surface area contributed by atoms with Gasteiger partial charge in [0.15, 0.2) is 0 Å². The minimum Gasteiger partial charge on any atom is -0.372 e. The lowest BCUT2D eigenvalue weighted by molar-refractivity contribution is -0.143. The number of ether oxygens (including phenoxy) is 1. The molecule has 0 bridgehead atoms. The van der Waals surface area contributed by atoms with Gasteiger partial charge in [-0.1, -0.05) is 30.3 Å². The van der Waals surface area contributed by atoms with E-state index in [9.17, 15) is 9.59 Å². The zero-order valence-electron chi connectivity index (χ0n) is 13.9. The molecule has 0 N–H and O–H groups in total. The summed E-state index contributed by atoms with van der Waals surface area (Å²) in [6, 6.07) is 11.0. The molecule has 1 saturated heterocycles. The van der Waals surface area contributed by atoms with E-state index in [1.165, 1.54) is 17.0 Å². The lowest BCUT2D eigenvalue weighted by Crippen LogP contribution is -2.49. The van der Waals surface area contributed by atoms with Gasteiger partial charge in [-0.3, -0.25) is 14.2 Å². The van der Waals surface area contributed by atoms with E-state index >= 15 is 0 Å². The van der Waals surface area contributed by atoms with Crippen LogP contribution in [0.25, 0.3) is 11.3 Å². The van der Waals surface area contributed by atoms with Crippen LogP contribution < -0.4 is 5.56 Å². The van der Waals surface area contributed by atoms with E-state index < -0.39 is 0 Å². The Kier molecular flexibility index (Phi) is 4.76. The smallest absolute Gasteiger partial charge is 0.254 e. The number of rotatable bonds is 3. The van der Waals surface area contributed by atoms with Crippen LogP contribution in [-0.2, 0) is 16.1 Å². The molecule has 0 radical (unpaired) electrons. The van der Waals surface area contributed by atoms with Crippen molar-refractivity contribution in [1.29, 1.82) is 0 Å².